The second-order valence-electron chi connectivity index (χ2n) is 5.63. The van der Waals surface area contributed by atoms with Crippen molar-refractivity contribution in [3.05, 3.63) is 74.8 Å². The standard InChI is InChI=1S/C18H19N3O3/c1-12-4-7-16(10-13(12)2)14(3)19-20-18(22)11-15-5-8-17(9-6-15)21(23)24/h4-10H,11H2,1-3H3,(H,20,22)/b19-14+. The number of nitro groups is 1. The lowest BCUT2D eigenvalue weighted by molar-refractivity contribution is -0.384. The molecule has 0 radical (unpaired) electrons. The van der Waals surface area contributed by atoms with Crippen LogP contribution in [0.4, 0.5) is 5.69 Å². The Balaban J connectivity index is 1.98. The predicted molar refractivity (Wildman–Crippen MR) is 93.1 cm³/mol. The zero-order valence-corrected chi connectivity index (χ0v) is 13.9. The maximum absolute atomic E-state index is 11.9. The van der Waals surface area contributed by atoms with Crippen LogP contribution in [-0.2, 0) is 11.2 Å². The van der Waals surface area contributed by atoms with Crippen molar-refractivity contribution in [2.45, 2.75) is 27.2 Å². The van der Waals surface area contributed by atoms with Crippen LogP contribution >= 0.6 is 0 Å². The Morgan fingerprint density at radius 1 is 1.12 bits per heavy atom. The molecule has 0 unspecified atom stereocenters. The zero-order valence-electron chi connectivity index (χ0n) is 13.9. The van der Waals surface area contributed by atoms with E-state index in [9.17, 15) is 14.9 Å². The number of carbonyl (C=O) groups is 1. The van der Waals surface area contributed by atoms with Gasteiger partial charge in [-0.25, -0.2) is 5.43 Å². The first-order chi connectivity index (χ1) is 11.4. The van der Waals surface area contributed by atoms with Gasteiger partial charge in [-0.15, -0.1) is 0 Å². The molecule has 0 saturated carbocycles. The molecule has 0 fully saturated rings. The molecule has 0 bridgehead atoms. The van der Waals surface area contributed by atoms with Crippen LogP contribution < -0.4 is 5.43 Å². The summed E-state index contributed by atoms with van der Waals surface area (Å²) in [5.41, 5.74) is 7.25. The van der Waals surface area contributed by atoms with Crippen LogP contribution in [0.25, 0.3) is 0 Å². The van der Waals surface area contributed by atoms with Gasteiger partial charge in [0.2, 0.25) is 5.91 Å². The van der Waals surface area contributed by atoms with E-state index < -0.39 is 4.92 Å². The summed E-state index contributed by atoms with van der Waals surface area (Å²) in [6, 6.07) is 11.9. The second kappa shape index (κ2) is 7.50. The number of rotatable bonds is 5. The molecule has 0 aliphatic carbocycles. The average molecular weight is 325 g/mol. The fourth-order valence-electron chi connectivity index (χ4n) is 2.14. The maximum atomic E-state index is 11.9. The van der Waals surface area contributed by atoms with E-state index in [-0.39, 0.29) is 18.0 Å². The molecule has 0 aliphatic rings. The molecule has 0 heterocycles. The van der Waals surface area contributed by atoms with Gasteiger partial charge in [0.05, 0.1) is 17.1 Å². The minimum atomic E-state index is -0.471. The van der Waals surface area contributed by atoms with Gasteiger partial charge < -0.3 is 0 Å². The molecule has 2 aromatic carbocycles. The minimum absolute atomic E-state index is 0.00256. The Bertz CT molecular complexity index is 796. The first kappa shape index (κ1) is 17.3. The van der Waals surface area contributed by atoms with Crippen molar-refractivity contribution in [1.82, 2.24) is 5.43 Å². The van der Waals surface area contributed by atoms with E-state index in [2.05, 4.69) is 10.5 Å². The summed E-state index contributed by atoms with van der Waals surface area (Å²) in [7, 11) is 0. The van der Waals surface area contributed by atoms with Crippen LogP contribution in [-0.4, -0.2) is 16.5 Å². The van der Waals surface area contributed by atoms with Crippen molar-refractivity contribution in [2.75, 3.05) is 0 Å². The maximum Gasteiger partial charge on any atom is 0.269 e. The van der Waals surface area contributed by atoms with Gasteiger partial charge in [0.1, 0.15) is 0 Å². The van der Waals surface area contributed by atoms with E-state index in [1.165, 1.54) is 23.3 Å². The molecular weight excluding hydrogens is 306 g/mol. The average Bonchev–Trinajstić information content (AvgIpc) is 2.55. The molecule has 6 nitrogen and oxygen atoms in total. The smallest absolute Gasteiger partial charge is 0.269 e. The molecule has 24 heavy (non-hydrogen) atoms. The number of hydrogen-bond acceptors (Lipinski definition) is 4. The van der Waals surface area contributed by atoms with Gasteiger partial charge in [0, 0.05) is 12.1 Å². The summed E-state index contributed by atoms with van der Waals surface area (Å²) >= 11 is 0. The first-order valence-electron chi connectivity index (χ1n) is 7.51. The SMILES string of the molecule is C/C(=N\NC(=O)Cc1ccc([N+](=O)[O-])cc1)c1ccc(C)c(C)c1. The molecule has 1 N–H and O–H groups in total. The molecule has 0 saturated heterocycles. The van der Waals surface area contributed by atoms with E-state index in [1.807, 2.05) is 39.0 Å². The molecule has 0 atom stereocenters. The number of nitrogens with one attached hydrogen (secondary N) is 1. The van der Waals surface area contributed by atoms with Crippen molar-refractivity contribution < 1.29 is 9.72 Å². The third-order valence-corrected chi connectivity index (χ3v) is 3.78. The monoisotopic (exact) mass is 325 g/mol. The van der Waals surface area contributed by atoms with Crippen LogP contribution in [0, 0.1) is 24.0 Å². The van der Waals surface area contributed by atoms with Crippen LogP contribution in [0.15, 0.2) is 47.6 Å². The van der Waals surface area contributed by atoms with E-state index in [4.69, 9.17) is 0 Å². The molecule has 2 aromatic rings. The van der Waals surface area contributed by atoms with Crippen molar-refractivity contribution in [3.8, 4) is 0 Å². The number of benzene rings is 2. The Labute approximate surface area is 140 Å². The first-order valence-corrected chi connectivity index (χ1v) is 7.51. The number of aryl methyl sites for hydroxylation is 2. The third kappa shape index (κ3) is 4.49. The van der Waals surface area contributed by atoms with Crippen LogP contribution in [0.1, 0.15) is 29.2 Å². The highest BCUT2D eigenvalue weighted by Gasteiger charge is 2.07. The van der Waals surface area contributed by atoms with E-state index in [1.54, 1.807) is 12.1 Å². The number of hydrogen-bond donors (Lipinski definition) is 1. The van der Waals surface area contributed by atoms with E-state index >= 15 is 0 Å². The highest BCUT2D eigenvalue weighted by molar-refractivity contribution is 5.99. The second-order valence-corrected chi connectivity index (χ2v) is 5.63. The fourth-order valence-corrected chi connectivity index (χ4v) is 2.14. The number of carbonyl (C=O) groups excluding carboxylic acids is 1. The number of amides is 1. The van der Waals surface area contributed by atoms with Gasteiger partial charge in [-0.2, -0.15) is 5.10 Å². The number of nitro benzene ring substituents is 1. The third-order valence-electron chi connectivity index (χ3n) is 3.78. The van der Waals surface area contributed by atoms with Crippen molar-refractivity contribution >= 4 is 17.3 Å². The molecule has 6 heteroatoms. The highest BCUT2D eigenvalue weighted by atomic mass is 16.6. The van der Waals surface area contributed by atoms with Gasteiger partial charge in [-0.1, -0.05) is 24.3 Å². The molecular formula is C18H19N3O3. The molecule has 1 amide bonds. The molecule has 0 spiro atoms. The van der Waals surface area contributed by atoms with Gasteiger partial charge in [0.15, 0.2) is 0 Å². The van der Waals surface area contributed by atoms with Gasteiger partial charge in [0.25, 0.3) is 5.69 Å². The lowest BCUT2D eigenvalue weighted by Crippen LogP contribution is -2.21. The van der Waals surface area contributed by atoms with Gasteiger partial charge >= 0.3 is 0 Å². The Morgan fingerprint density at radius 3 is 2.38 bits per heavy atom. The summed E-state index contributed by atoms with van der Waals surface area (Å²) < 4.78 is 0. The number of nitrogens with zero attached hydrogens (tertiary/aromatic N) is 2. The normalized spacial score (nSPS) is 11.2. The topological polar surface area (TPSA) is 84.6 Å². The summed E-state index contributed by atoms with van der Waals surface area (Å²) in [5, 5.41) is 14.7. The highest BCUT2D eigenvalue weighted by Crippen LogP contribution is 2.12. The fraction of sp³-hybridized carbons (Fsp3) is 0.222. The van der Waals surface area contributed by atoms with Crippen molar-refractivity contribution in [3.63, 3.8) is 0 Å². The Hall–Kier alpha value is -3.02. The molecule has 124 valence electrons. The van der Waals surface area contributed by atoms with E-state index in [0.29, 0.717) is 5.56 Å². The van der Waals surface area contributed by atoms with Crippen LogP contribution in [0.2, 0.25) is 0 Å². The summed E-state index contributed by atoms with van der Waals surface area (Å²) in [6.07, 6.45) is 0.113. The zero-order chi connectivity index (χ0) is 17.7. The van der Waals surface area contributed by atoms with Gasteiger partial charge in [-0.05, 0) is 49.1 Å². The van der Waals surface area contributed by atoms with Crippen molar-refractivity contribution in [1.29, 1.82) is 0 Å². The summed E-state index contributed by atoms with van der Waals surface area (Å²) in [5.74, 6) is -0.271. The largest absolute Gasteiger partial charge is 0.273 e. The quantitative estimate of drug-likeness (QED) is 0.520. The number of non-ortho nitro benzene ring substituents is 1. The van der Waals surface area contributed by atoms with Crippen LogP contribution in [0.5, 0.6) is 0 Å². The number of hydrazone groups is 1. The predicted octanol–water partition coefficient (Wildman–Crippen LogP) is 3.29. The lowest BCUT2D eigenvalue weighted by Gasteiger charge is -2.06. The molecule has 0 aliphatic heterocycles. The van der Waals surface area contributed by atoms with Gasteiger partial charge in [-0.3, -0.25) is 14.9 Å². The minimum Gasteiger partial charge on any atom is -0.273 e. The summed E-state index contributed by atoms with van der Waals surface area (Å²) in [6.45, 7) is 5.90. The Morgan fingerprint density at radius 2 is 1.79 bits per heavy atom. The summed E-state index contributed by atoms with van der Waals surface area (Å²) in [4.78, 5) is 22.1. The van der Waals surface area contributed by atoms with Crippen molar-refractivity contribution in [2.24, 2.45) is 5.10 Å². The van der Waals surface area contributed by atoms with Crippen LogP contribution in [0.3, 0.4) is 0 Å². The Kier molecular flexibility index (Phi) is 5.42. The van der Waals surface area contributed by atoms with E-state index in [0.717, 1.165) is 11.3 Å². The molecule has 0 aromatic heterocycles. The molecule has 2 rings (SSSR count). The lowest BCUT2D eigenvalue weighted by atomic mass is 10.0.